The molecule has 0 radical (unpaired) electrons. The normalized spacial score (nSPS) is 15.3. The number of hydrogen-bond donors (Lipinski definition) is 2. The van der Waals surface area contributed by atoms with Gasteiger partial charge in [-0.1, -0.05) is 60.7 Å². The van der Waals surface area contributed by atoms with Crippen LogP contribution in [0.2, 0.25) is 0 Å². The number of carboxylic acid groups (broad SMARTS) is 1. The number of nitrogens with zero attached hydrogens (tertiary/aromatic N) is 1. The van der Waals surface area contributed by atoms with E-state index in [9.17, 15) is 19.4 Å². The van der Waals surface area contributed by atoms with E-state index in [2.05, 4.69) is 44.6 Å². The second kappa shape index (κ2) is 12.7. The fourth-order valence-corrected chi connectivity index (χ4v) is 7.24. The van der Waals surface area contributed by atoms with Crippen molar-refractivity contribution in [3.8, 4) is 0 Å². The topological polar surface area (TPSA) is 70.4 Å². The zero-order valence-electron chi connectivity index (χ0n) is 24.0. The summed E-state index contributed by atoms with van der Waals surface area (Å²) in [5, 5.41) is 21.6. The molecule has 7 heteroatoms. The summed E-state index contributed by atoms with van der Waals surface area (Å²) in [7, 11) is 2.41. The van der Waals surface area contributed by atoms with Crippen molar-refractivity contribution < 1.29 is 19.4 Å². The first-order valence-electron chi connectivity index (χ1n) is 14.3. The van der Waals surface area contributed by atoms with Crippen LogP contribution in [0, 0.1) is 11.2 Å². The maximum Gasteiger partial charge on any atom is 0.303 e. The molecule has 0 amide bonds. The summed E-state index contributed by atoms with van der Waals surface area (Å²) >= 11 is 1.85. The van der Waals surface area contributed by atoms with Crippen molar-refractivity contribution in [2.24, 2.45) is 5.41 Å². The number of hydrogen-bond acceptors (Lipinski definition) is 4. The van der Waals surface area contributed by atoms with Crippen molar-refractivity contribution in [3.63, 3.8) is 0 Å². The molecule has 42 heavy (non-hydrogen) atoms. The number of carboxylic acids is 1. The lowest BCUT2D eigenvalue weighted by Gasteiger charge is -2.24. The van der Waals surface area contributed by atoms with Crippen LogP contribution >= 0.6 is 21.0 Å². The highest BCUT2D eigenvalue weighted by molar-refractivity contribution is 7.99. The molecule has 4 aromatic rings. The minimum atomic E-state index is -0.925. The molecule has 0 bridgehead atoms. The van der Waals surface area contributed by atoms with Gasteiger partial charge in [-0.15, -0.1) is 9.24 Å². The maximum atomic E-state index is 13.9. The Labute approximate surface area is 253 Å². The third kappa shape index (κ3) is 7.66. The van der Waals surface area contributed by atoms with Gasteiger partial charge in [-0.25, -0.2) is 9.37 Å². The number of pyridine rings is 1. The summed E-state index contributed by atoms with van der Waals surface area (Å²) in [6.45, 7) is 3.64. The van der Waals surface area contributed by atoms with E-state index in [0.717, 1.165) is 64.7 Å². The molecular weight excluding hydrogens is 564 g/mol. The number of halogens is 1. The molecule has 1 aromatic heterocycles. The first kappa shape index (κ1) is 30.4. The lowest BCUT2D eigenvalue weighted by Crippen LogP contribution is -2.18. The summed E-state index contributed by atoms with van der Waals surface area (Å²) in [4.78, 5) is 16.2. The second-order valence-electron chi connectivity index (χ2n) is 11.9. The molecular formula is C35H37FNO3PS. The standard InChI is InChI=1S/C35H37FNO3PS/c1-34(2,40)28-9-4-3-7-24(28)12-15-32(42-22-35(16-17-35)21-33(38)39)26-8-5-6-23(18-26)10-13-27-14-11-25-19-29(36)31(41)20-30(25)37-27/h3-11,13-14,18-20,32,40H,12,15-17,21-22,41H2,1-2H3,(H,38,39)/b13-10+/t32-/m1/s1. The van der Waals surface area contributed by atoms with Gasteiger partial charge >= 0.3 is 5.97 Å². The monoisotopic (exact) mass is 601 g/mol. The Kier molecular flexibility index (Phi) is 9.17. The summed E-state index contributed by atoms with van der Waals surface area (Å²) in [6, 6.07) is 23.6. The molecule has 1 aliphatic carbocycles. The number of rotatable bonds is 12. The van der Waals surface area contributed by atoms with Gasteiger partial charge in [0.15, 0.2) is 0 Å². The van der Waals surface area contributed by atoms with Gasteiger partial charge in [0.05, 0.1) is 23.2 Å². The molecule has 1 aliphatic rings. The van der Waals surface area contributed by atoms with Crippen molar-refractivity contribution in [1.29, 1.82) is 0 Å². The zero-order chi connectivity index (χ0) is 29.9. The molecule has 3 aromatic carbocycles. The van der Waals surface area contributed by atoms with Gasteiger partial charge in [-0.05, 0) is 91.5 Å². The van der Waals surface area contributed by atoms with Gasteiger partial charge in [0, 0.05) is 21.7 Å². The number of aliphatic hydroxyl groups is 1. The van der Waals surface area contributed by atoms with Crippen LogP contribution in [0.3, 0.4) is 0 Å². The summed E-state index contributed by atoms with van der Waals surface area (Å²) in [5.41, 5.74) is 4.84. The van der Waals surface area contributed by atoms with Crippen LogP contribution in [0.15, 0.2) is 72.8 Å². The Balaban J connectivity index is 1.37. The number of aryl methyl sites for hydroxylation is 1. The quantitative estimate of drug-likeness (QED) is 0.161. The van der Waals surface area contributed by atoms with Crippen molar-refractivity contribution in [2.75, 3.05) is 5.75 Å². The Bertz CT molecular complexity index is 1630. The van der Waals surface area contributed by atoms with E-state index in [1.165, 1.54) is 11.6 Å². The highest BCUT2D eigenvalue weighted by atomic mass is 32.2. The van der Waals surface area contributed by atoms with Gasteiger partial charge in [0.25, 0.3) is 0 Å². The van der Waals surface area contributed by atoms with Crippen LogP contribution in [0.25, 0.3) is 23.1 Å². The molecule has 1 unspecified atom stereocenters. The minimum absolute atomic E-state index is 0.0984. The molecule has 1 fully saturated rings. The minimum Gasteiger partial charge on any atom is -0.481 e. The molecule has 2 N–H and O–H groups in total. The predicted octanol–water partition coefficient (Wildman–Crippen LogP) is 7.93. The first-order valence-corrected chi connectivity index (χ1v) is 15.9. The van der Waals surface area contributed by atoms with E-state index in [0.29, 0.717) is 5.30 Å². The average molecular weight is 602 g/mol. The van der Waals surface area contributed by atoms with Crippen LogP contribution in [-0.2, 0) is 16.8 Å². The smallest absolute Gasteiger partial charge is 0.303 e. The highest BCUT2D eigenvalue weighted by Gasteiger charge is 2.44. The van der Waals surface area contributed by atoms with Crippen LogP contribution < -0.4 is 5.30 Å². The van der Waals surface area contributed by atoms with Crippen LogP contribution in [0.4, 0.5) is 4.39 Å². The van der Waals surface area contributed by atoms with Crippen molar-refractivity contribution in [3.05, 3.63) is 107 Å². The Morgan fingerprint density at radius 1 is 1.10 bits per heavy atom. The van der Waals surface area contributed by atoms with E-state index in [1.807, 2.05) is 68.1 Å². The summed E-state index contributed by atoms with van der Waals surface area (Å²) in [5.74, 6) is -0.172. The van der Waals surface area contributed by atoms with Crippen molar-refractivity contribution >= 4 is 55.3 Å². The molecule has 0 spiro atoms. The van der Waals surface area contributed by atoms with Gasteiger partial charge < -0.3 is 10.2 Å². The highest BCUT2D eigenvalue weighted by Crippen LogP contribution is 2.53. The Hall–Kier alpha value is -3.05. The van der Waals surface area contributed by atoms with E-state index in [1.54, 1.807) is 6.07 Å². The molecule has 4 nitrogen and oxygen atoms in total. The lowest BCUT2D eigenvalue weighted by atomic mass is 9.90. The van der Waals surface area contributed by atoms with Gasteiger partial charge in [-0.3, -0.25) is 4.79 Å². The van der Waals surface area contributed by atoms with Gasteiger partial charge in [0.1, 0.15) is 5.82 Å². The SMILES string of the molecule is CC(C)(O)c1ccccc1CC[C@@H](SCC1(CC(=O)O)CC1)c1cccc(/C=C/c2ccc3cc(F)c(P)cc3n2)c1. The number of aromatic nitrogens is 1. The fraction of sp³-hybridized carbons (Fsp3) is 0.314. The van der Waals surface area contributed by atoms with Gasteiger partial charge in [0.2, 0.25) is 0 Å². The van der Waals surface area contributed by atoms with Crippen molar-refractivity contribution in [1.82, 2.24) is 4.98 Å². The van der Waals surface area contributed by atoms with E-state index in [4.69, 9.17) is 0 Å². The van der Waals surface area contributed by atoms with E-state index >= 15 is 0 Å². The summed E-state index contributed by atoms with van der Waals surface area (Å²) < 4.78 is 13.9. The Morgan fingerprint density at radius 3 is 2.62 bits per heavy atom. The Morgan fingerprint density at radius 2 is 1.88 bits per heavy atom. The fourth-order valence-electron chi connectivity index (χ4n) is 5.43. The van der Waals surface area contributed by atoms with Crippen LogP contribution in [0.5, 0.6) is 0 Å². The molecule has 1 saturated carbocycles. The second-order valence-corrected chi connectivity index (χ2v) is 13.7. The van der Waals surface area contributed by atoms with E-state index in [-0.39, 0.29) is 22.9 Å². The molecule has 1 heterocycles. The zero-order valence-corrected chi connectivity index (χ0v) is 26.0. The number of benzene rings is 3. The third-order valence-corrected chi connectivity index (χ3v) is 10.1. The van der Waals surface area contributed by atoms with Gasteiger partial charge in [-0.2, -0.15) is 11.8 Å². The number of thioether (sulfide) groups is 1. The molecule has 5 rings (SSSR count). The largest absolute Gasteiger partial charge is 0.481 e. The first-order chi connectivity index (χ1) is 20.0. The van der Waals surface area contributed by atoms with E-state index < -0.39 is 11.6 Å². The maximum absolute atomic E-state index is 13.9. The number of aliphatic carboxylic acids is 1. The molecule has 2 atom stereocenters. The number of fused-ring (bicyclic) bond motifs is 1. The molecule has 0 aliphatic heterocycles. The molecule has 0 saturated heterocycles. The number of carbonyl (C=O) groups is 1. The summed E-state index contributed by atoms with van der Waals surface area (Å²) in [6.07, 6.45) is 7.84. The van der Waals surface area contributed by atoms with Crippen LogP contribution in [-0.4, -0.2) is 26.9 Å². The lowest BCUT2D eigenvalue weighted by molar-refractivity contribution is -0.138. The third-order valence-electron chi connectivity index (χ3n) is 7.98. The molecule has 218 valence electrons. The average Bonchev–Trinajstić information content (AvgIpc) is 3.71. The predicted molar refractivity (Wildman–Crippen MR) is 176 cm³/mol. The van der Waals surface area contributed by atoms with Crippen molar-refractivity contribution in [2.45, 2.75) is 56.8 Å². The van der Waals surface area contributed by atoms with Crippen LogP contribution in [0.1, 0.15) is 72.7 Å².